The Morgan fingerprint density at radius 2 is 1.11 bits per heavy atom. The molecule has 2 aromatic heterocycles. The molecule has 3 nitrogen and oxygen atoms in total. The van der Waals surface area contributed by atoms with Gasteiger partial charge in [-0.2, -0.15) is 0 Å². The van der Waals surface area contributed by atoms with Crippen molar-refractivity contribution in [3.05, 3.63) is 91.0 Å². The van der Waals surface area contributed by atoms with E-state index < -0.39 is 0 Å². The van der Waals surface area contributed by atoms with Gasteiger partial charge in [-0.1, -0.05) is 66.7 Å². The third kappa shape index (κ3) is 1.85. The monoisotopic (exact) mass is 359 g/mol. The Labute approximate surface area is 161 Å². The highest BCUT2D eigenvalue weighted by atomic mass is 15.0. The number of nitrogens with one attached hydrogen (secondary N) is 1. The van der Waals surface area contributed by atoms with Crippen molar-refractivity contribution in [2.45, 2.75) is 0 Å². The summed E-state index contributed by atoms with van der Waals surface area (Å²) in [5.41, 5.74) is 5.59. The minimum atomic E-state index is 1.06. The van der Waals surface area contributed by atoms with Crippen LogP contribution in [0.4, 0.5) is 0 Å². The maximum absolute atomic E-state index is 8.14. The first-order chi connectivity index (χ1) is 13.9. The van der Waals surface area contributed by atoms with Crippen molar-refractivity contribution in [1.29, 1.82) is 5.41 Å². The van der Waals surface area contributed by atoms with E-state index in [9.17, 15) is 0 Å². The average Bonchev–Trinajstić information content (AvgIpc) is 3.27. The maximum atomic E-state index is 8.14. The molecule has 0 unspecified atom stereocenters. The van der Waals surface area contributed by atoms with Gasteiger partial charge in [-0.25, -0.2) is 0 Å². The third-order valence-electron chi connectivity index (χ3n) is 5.65. The van der Waals surface area contributed by atoms with Gasteiger partial charge in [-0.15, -0.1) is 0 Å². The first-order valence-electron chi connectivity index (χ1n) is 9.39. The number of aromatic nitrogens is 2. The summed E-state index contributed by atoms with van der Waals surface area (Å²) in [5, 5.41) is 12.9. The normalized spacial score (nSPS) is 11.7. The van der Waals surface area contributed by atoms with Crippen LogP contribution < -0.4 is 0 Å². The highest BCUT2D eigenvalue weighted by Crippen LogP contribution is 2.39. The lowest BCUT2D eigenvalue weighted by Gasteiger charge is -2.09. The standard InChI is InChI=1S/C25H17N3/c26-16-27-22-12-6-4-10-18(22)20-14-15-21-19-11-5-7-13-23(19)28(25(21)24(20)27)17-8-2-1-3-9-17/h1-16,26H. The molecule has 6 rings (SSSR count). The van der Waals surface area contributed by atoms with Crippen molar-refractivity contribution >= 4 is 50.0 Å². The van der Waals surface area contributed by atoms with E-state index in [1.54, 1.807) is 0 Å². The lowest BCUT2D eigenvalue weighted by atomic mass is 10.1. The highest BCUT2D eigenvalue weighted by Gasteiger charge is 2.19. The summed E-state index contributed by atoms with van der Waals surface area (Å²) >= 11 is 0. The largest absolute Gasteiger partial charge is 0.307 e. The van der Waals surface area contributed by atoms with Crippen LogP contribution in [0, 0.1) is 5.41 Å². The van der Waals surface area contributed by atoms with E-state index in [4.69, 9.17) is 5.41 Å². The van der Waals surface area contributed by atoms with Gasteiger partial charge < -0.3 is 4.57 Å². The quantitative estimate of drug-likeness (QED) is 0.276. The fourth-order valence-electron chi connectivity index (χ4n) is 4.51. The Morgan fingerprint density at radius 1 is 0.536 bits per heavy atom. The molecule has 4 aromatic carbocycles. The molecular weight excluding hydrogens is 342 g/mol. The molecule has 0 aliphatic heterocycles. The van der Waals surface area contributed by atoms with Gasteiger partial charge in [-0.3, -0.25) is 9.98 Å². The van der Waals surface area contributed by atoms with Gasteiger partial charge in [0.15, 0.2) is 0 Å². The molecule has 3 heteroatoms. The summed E-state index contributed by atoms with van der Waals surface area (Å²) in [7, 11) is 0. The predicted molar refractivity (Wildman–Crippen MR) is 118 cm³/mol. The summed E-state index contributed by atoms with van der Waals surface area (Å²) in [6.45, 7) is 0. The van der Waals surface area contributed by atoms with Crippen LogP contribution in [0.3, 0.4) is 0 Å². The smallest absolute Gasteiger partial charge is 0.0909 e. The van der Waals surface area contributed by atoms with Gasteiger partial charge in [0.2, 0.25) is 0 Å². The van der Waals surface area contributed by atoms with Gasteiger partial charge in [0.25, 0.3) is 0 Å². The number of rotatable bonds is 2. The number of hydrogen-bond donors (Lipinski definition) is 1. The van der Waals surface area contributed by atoms with Crippen LogP contribution in [0.5, 0.6) is 0 Å². The Balaban J connectivity index is 1.97. The van der Waals surface area contributed by atoms with Crippen LogP contribution >= 0.6 is 0 Å². The van der Waals surface area contributed by atoms with E-state index in [1.165, 1.54) is 33.4 Å². The van der Waals surface area contributed by atoms with Crippen molar-refractivity contribution in [2.24, 2.45) is 0 Å². The van der Waals surface area contributed by atoms with Crippen molar-refractivity contribution in [3.63, 3.8) is 0 Å². The zero-order chi connectivity index (χ0) is 18.7. The summed E-state index contributed by atoms with van der Waals surface area (Å²) < 4.78 is 4.33. The Morgan fingerprint density at radius 3 is 1.82 bits per heavy atom. The Kier molecular flexibility index (Phi) is 3.03. The minimum absolute atomic E-state index is 1.06. The highest BCUT2D eigenvalue weighted by molar-refractivity contribution is 6.24. The fourth-order valence-corrected chi connectivity index (χ4v) is 4.51. The second kappa shape index (κ2) is 5.57. The maximum Gasteiger partial charge on any atom is 0.0909 e. The van der Waals surface area contributed by atoms with Crippen molar-refractivity contribution in [1.82, 2.24) is 9.13 Å². The molecule has 0 bridgehead atoms. The number of nitrogens with zero attached hydrogens (tertiary/aromatic N) is 2. The van der Waals surface area contributed by atoms with E-state index >= 15 is 0 Å². The van der Waals surface area contributed by atoms with E-state index in [-0.39, 0.29) is 0 Å². The number of benzene rings is 4. The average molecular weight is 359 g/mol. The zero-order valence-corrected chi connectivity index (χ0v) is 15.1. The Hall–Kier alpha value is -3.85. The van der Waals surface area contributed by atoms with Crippen LogP contribution in [0.1, 0.15) is 0 Å². The van der Waals surface area contributed by atoms with Crippen LogP contribution in [-0.2, 0) is 0 Å². The predicted octanol–water partition coefficient (Wildman–Crippen LogP) is 6.35. The topological polar surface area (TPSA) is 33.7 Å². The van der Waals surface area contributed by atoms with Gasteiger partial charge >= 0.3 is 0 Å². The van der Waals surface area contributed by atoms with Crippen LogP contribution in [0.15, 0.2) is 91.0 Å². The number of hydrogen-bond acceptors (Lipinski definition) is 1. The molecule has 0 saturated heterocycles. The second-order valence-electron chi connectivity index (χ2n) is 7.06. The molecule has 0 atom stereocenters. The molecular formula is C25H17N3. The molecule has 2 heterocycles. The second-order valence-corrected chi connectivity index (χ2v) is 7.06. The molecule has 0 radical (unpaired) electrons. The fraction of sp³-hybridized carbons (Fsp3) is 0. The van der Waals surface area contributed by atoms with Crippen LogP contribution in [0.2, 0.25) is 0 Å². The summed E-state index contributed by atoms with van der Waals surface area (Å²) in [6.07, 6.45) is 1.43. The minimum Gasteiger partial charge on any atom is -0.307 e. The van der Waals surface area contributed by atoms with Crippen LogP contribution in [0.25, 0.3) is 49.3 Å². The van der Waals surface area contributed by atoms with Crippen LogP contribution in [-0.4, -0.2) is 15.5 Å². The first-order valence-corrected chi connectivity index (χ1v) is 9.39. The molecule has 6 aromatic rings. The Bertz CT molecular complexity index is 1520. The van der Waals surface area contributed by atoms with Crippen molar-refractivity contribution in [2.75, 3.05) is 0 Å². The van der Waals surface area contributed by atoms with E-state index in [2.05, 4.69) is 83.4 Å². The molecule has 0 amide bonds. The van der Waals surface area contributed by atoms with Gasteiger partial charge in [0.05, 0.1) is 28.4 Å². The molecule has 0 saturated carbocycles. The molecule has 0 aliphatic carbocycles. The lowest BCUT2D eigenvalue weighted by molar-refractivity contribution is 1.17. The molecule has 28 heavy (non-hydrogen) atoms. The molecule has 0 spiro atoms. The molecule has 132 valence electrons. The molecule has 1 N–H and O–H groups in total. The summed E-state index contributed by atoms with van der Waals surface area (Å²) in [6, 6.07) is 31.7. The zero-order valence-electron chi connectivity index (χ0n) is 15.1. The molecule has 0 aliphatic rings. The number of fused-ring (bicyclic) bond motifs is 7. The van der Waals surface area contributed by atoms with Gasteiger partial charge in [0.1, 0.15) is 0 Å². The van der Waals surface area contributed by atoms with E-state index in [1.807, 2.05) is 16.7 Å². The first kappa shape index (κ1) is 15.2. The van der Waals surface area contributed by atoms with Gasteiger partial charge in [-0.05, 0) is 24.3 Å². The van der Waals surface area contributed by atoms with E-state index in [0.29, 0.717) is 0 Å². The summed E-state index contributed by atoms with van der Waals surface area (Å²) in [5.74, 6) is 0. The van der Waals surface area contributed by atoms with E-state index in [0.717, 1.165) is 22.2 Å². The van der Waals surface area contributed by atoms with Gasteiger partial charge in [0, 0.05) is 27.2 Å². The third-order valence-corrected chi connectivity index (χ3v) is 5.65. The number of para-hydroxylation sites is 3. The van der Waals surface area contributed by atoms with Crippen molar-refractivity contribution in [3.8, 4) is 5.69 Å². The lowest BCUT2D eigenvalue weighted by Crippen LogP contribution is -1.98. The SMILES string of the molecule is N=Cn1c2ccccc2c2ccc3c4ccccc4n(-c4ccccc4)c3c21. The summed E-state index contributed by atoms with van der Waals surface area (Å²) in [4.78, 5) is 0. The molecule has 0 fully saturated rings. The van der Waals surface area contributed by atoms with Crippen molar-refractivity contribution < 1.29 is 0 Å².